The highest BCUT2D eigenvalue weighted by molar-refractivity contribution is 6.04. The number of halogens is 3. The van der Waals surface area contributed by atoms with E-state index in [2.05, 4.69) is 25.5 Å². The minimum Gasteiger partial charge on any atom is -0.289 e. The first-order valence-corrected chi connectivity index (χ1v) is 5.10. The Morgan fingerprint density at radius 1 is 1.42 bits per heavy atom. The average molecular weight is 271 g/mol. The molecule has 2 rings (SSSR count). The molecule has 0 radical (unpaired) electrons. The van der Waals surface area contributed by atoms with Crippen LogP contribution in [-0.4, -0.2) is 26.1 Å². The Hall–Kier alpha value is -2.45. The number of alkyl halides is 3. The van der Waals surface area contributed by atoms with Crippen molar-refractivity contribution in [1.82, 2.24) is 20.2 Å². The molecular formula is C10H8F3N5O. The number of carbonyl (C=O) groups excluding carboxylic acids is 1. The van der Waals surface area contributed by atoms with Gasteiger partial charge in [-0.3, -0.25) is 20.2 Å². The summed E-state index contributed by atoms with van der Waals surface area (Å²) in [6.07, 6.45) is -3.74. The van der Waals surface area contributed by atoms with Gasteiger partial charge >= 0.3 is 6.18 Å². The Morgan fingerprint density at radius 2 is 2.16 bits per heavy atom. The summed E-state index contributed by atoms with van der Waals surface area (Å²) in [7, 11) is 0. The Kier molecular flexibility index (Phi) is 3.19. The second-order valence-electron chi connectivity index (χ2n) is 3.60. The summed E-state index contributed by atoms with van der Waals surface area (Å²) in [5, 5.41) is 8.22. The van der Waals surface area contributed by atoms with Crippen molar-refractivity contribution in [3.8, 4) is 0 Å². The van der Waals surface area contributed by atoms with Crippen molar-refractivity contribution in [2.45, 2.75) is 13.1 Å². The van der Waals surface area contributed by atoms with E-state index >= 15 is 0 Å². The number of nitrogens with one attached hydrogen (secondary N) is 2. The third kappa shape index (κ3) is 2.87. The standard InChI is InChI=1S/C10H8F3N5O/c1-5-15-9(18-17-5)16-8(19)6-3-2-4-14-7(6)10(11,12)13/h2-4H,1H3,(H2,15,16,17,18,19). The van der Waals surface area contributed by atoms with Crippen molar-refractivity contribution in [2.75, 3.05) is 5.32 Å². The van der Waals surface area contributed by atoms with Gasteiger partial charge in [-0.1, -0.05) is 0 Å². The number of aryl methyl sites for hydroxylation is 1. The molecule has 2 aromatic rings. The molecule has 0 aliphatic heterocycles. The molecule has 6 nitrogen and oxygen atoms in total. The van der Waals surface area contributed by atoms with Crippen LogP contribution in [0.15, 0.2) is 18.3 Å². The van der Waals surface area contributed by atoms with Gasteiger partial charge in [0.05, 0.1) is 5.56 Å². The second kappa shape index (κ2) is 4.67. The molecule has 0 aromatic carbocycles. The van der Waals surface area contributed by atoms with Gasteiger partial charge in [0, 0.05) is 6.20 Å². The van der Waals surface area contributed by atoms with Crippen molar-refractivity contribution in [1.29, 1.82) is 0 Å². The normalized spacial score (nSPS) is 11.4. The van der Waals surface area contributed by atoms with Gasteiger partial charge in [-0.2, -0.15) is 18.2 Å². The van der Waals surface area contributed by atoms with E-state index in [0.717, 1.165) is 12.3 Å². The fourth-order valence-corrected chi connectivity index (χ4v) is 1.38. The minimum atomic E-state index is -4.71. The quantitative estimate of drug-likeness (QED) is 0.872. The molecule has 2 N–H and O–H groups in total. The average Bonchev–Trinajstić information content (AvgIpc) is 2.73. The fraction of sp³-hybridized carbons (Fsp3) is 0.200. The first kappa shape index (κ1) is 13.0. The van der Waals surface area contributed by atoms with Crippen LogP contribution in [0.25, 0.3) is 0 Å². The lowest BCUT2D eigenvalue weighted by Crippen LogP contribution is -2.20. The van der Waals surface area contributed by atoms with Crippen LogP contribution in [0.5, 0.6) is 0 Å². The molecule has 19 heavy (non-hydrogen) atoms. The SMILES string of the molecule is Cc1nc(NC(=O)c2cccnc2C(F)(F)F)n[nH]1. The number of anilines is 1. The monoisotopic (exact) mass is 271 g/mol. The van der Waals surface area contributed by atoms with E-state index in [0.29, 0.717) is 5.82 Å². The van der Waals surface area contributed by atoms with Gasteiger partial charge in [-0.15, -0.1) is 5.10 Å². The van der Waals surface area contributed by atoms with Crippen LogP contribution in [0.3, 0.4) is 0 Å². The van der Waals surface area contributed by atoms with Gasteiger partial charge in [-0.25, -0.2) is 0 Å². The maximum atomic E-state index is 12.7. The molecule has 0 fully saturated rings. The van der Waals surface area contributed by atoms with Crippen molar-refractivity contribution >= 4 is 11.9 Å². The second-order valence-corrected chi connectivity index (χ2v) is 3.60. The molecule has 0 atom stereocenters. The predicted molar refractivity (Wildman–Crippen MR) is 58.3 cm³/mol. The Balaban J connectivity index is 2.29. The van der Waals surface area contributed by atoms with Gasteiger partial charge in [-0.05, 0) is 19.1 Å². The lowest BCUT2D eigenvalue weighted by Gasteiger charge is -2.10. The van der Waals surface area contributed by atoms with Crippen molar-refractivity contribution in [2.24, 2.45) is 0 Å². The molecular weight excluding hydrogens is 263 g/mol. The Morgan fingerprint density at radius 3 is 2.74 bits per heavy atom. The number of aromatic nitrogens is 4. The number of carbonyl (C=O) groups is 1. The van der Waals surface area contributed by atoms with Gasteiger partial charge in [0.1, 0.15) is 5.82 Å². The molecule has 2 heterocycles. The smallest absolute Gasteiger partial charge is 0.289 e. The first-order chi connectivity index (χ1) is 8.88. The fourth-order valence-electron chi connectivity index (χ4n) is 1.38. The Bertz CT molecular complexity index is 607. The largest absolute Gasteiger partial charge is 0.434 e. The summed E-state index contributed by atoms with van der Waals surface area (Å²) in [4.78, 5) is 18.7. The lowest BCUT2D eigenvalue weighted by atomic mass is 10.2. The number of nitrogens with zero attached hydrogens (tertiary/aromatic N) is 3. The lowest BCUT2D eigenvalue weighted by molar-refractivity contribution is -0.141. The maximum Gasteiger partial charge on any atom is 0.434 e. The molecule has 0 saturated heterocycles. The highest BCUT2D eigenvalue weighted by Gasteiger charge is 2.37. The predicted octanol–water partition coefficient (Wildman–Crippen LogP) is 1.78. The van der Waals surface area contributed by atoms with Crippen LogP contribution in [0.4, 0.5) is 19.1 Å². The zero-order valence-corrected chi connectivity index (χ0v) is 9.62. The summed E-state index contributed by atoms with van der Waals surface area (Å²) in [6, 6.07) is 2.28. The van der Waals surface area contributed by atoms with E-state index < -0.39 is 23.3 Å². The van der Waals surface area contributed by atoms with Gasteiger partial charge in [0.25, 0.3) is 5.91 Å². The Labute approximate surface area is 105 Å². The molecule has 2 aromatic heterocycles. The molecule has 100 valence electrons. The minimum absolute atomic E-state index is 0.0977. The van der Waals surface area contributed by atoms with Crippen molar-refractivity contribution in [3.05, 3.63) is 35.4 Å². The maximum absolute atomic E-state index is 12.7. The molecule has 1 amide bonds. The van der Waals surface area contributed by atoms with E-state index in [1.165, 1.54) is 6.07 Å². The number of amides is 1. The number of hydrogen-bond donors (Lipinski definition) is 2. The number of aromatic amines is 1. The number of H-pyrrole nitrogens is 1. The molecule has 0 aliphatic carbocycles. The summed E-state index contributed by atoms with van der Waals surface area (Å²) in [5.74, 6) is -0.642. The number of pyridine rings is 1. The van der Waals surface area contributed by atoms with E-state index in [1.54, 1.807) is 6.92 Å². The first-order valence-electron chi connectivity index (χ1n) is 5.10. The van der Waals surface area contributed by atoms with Crippen LogP contribution >= 0.6 is 0 Å². The van der Waals surface area contributed by atoms with Crippen LogP contribution in [-0.2, 0) is 6.18 Å². The highest BCUT2D eigenvalue weighted by Crippen LogP contribution is 2.30. The third-order valence-electron chi connectivity index (χ3n) is 2.14. The molecule has 0 bridgehead atoms. The van der Waals surface area contributed by atoms with E-state index in [1.807, 2.05) is 0 Å². The molecule has 9 heteroatoms. The topological polar surface area (TPSA) is 83.6 Å². The number of rotatable bonds is 2. The van der Waals surface area contributed by atoms with E-state index in [4.69, 9.17) is 0 Å². The van der Waals surface area contributed by atoms with Crippen LogP contribution in [0, 0.1) is 6.92 Å². The zero-order valence-electron chi connectivity index (χ0n) is 9.62. The van der Waals surface area contributed by atoms with Crippen LogP contribution < -0.4 is 5.32 Å². The molecule has 0 spiro atoms. The zero-order chi connectivity index (χ0) is 14.0. The summed E-state index contributed by atoms with van der Waals surface area (Å²) < 4.78 is 38.0. The summed E-state index contributed by atoms with van der Waals surface area (Å²) >= 11 is 0. The number of hydrogen-bond acceptors (Lipinski definition) is 4. The third-order valence-corrected chi connectivity index (χ3v) is 2.14. The molecule has 0 unspecified atom stereocenters. The van der Waals surface area contributed by atoms with Gasteiger partial charge < -0.3 is 0 Å². The van der Waals surface area contributed by atoms with Crippen molar-refractivity contribution < 1.29 is 18.0 Å². The van der Waals surface area contributed by atoms with Crippen LogP contribution in [0.2, 0.25) is 0 Å². The van der Waals surface area contributed by atoms with Gasteiger partial charge in [0.15, 0.2) is 5.69 Å². The van der Waals surface area contributed by atoms with Crippen molar-refractivity contribution in [3.63, 3.8) is 0 Å². The van der Waals surface area contributed by atoms with Crippen LogP contribution in [0.1, 0.15) is 21.9 Å². The highest BCUT2D eigenvalue weighted by atomic mass is 19.4. The summed E-state index contributed by atoms with van der Waals surface area (Å²) in [5.41, 5.74) is -1.84. The van der Waals surface area contributed by atoms with Gasteiger partial charge in [0.2, 0.25) is 5.95 Å². The summed E-state index contributed by atoms with van der Waals surface area (Å²) in [6.45, 7) is 1.59. The van der Waals surface area contributed by atoms with E-state index in [9.17, 15) is 18.0 Å². The van der Waals surface area contributed by atoms with E-state index in [-0.39, 0.29) is 5.95 Å². The molecule has 0 aliphatic rings. The molecule has 0 saturated carbocycles.